The fraction of sp³-hybridized carbons (Fsp3) is 0.913. The normalized spacial score (nSPS) is 43.1. The Bertz CT molecular complexity index is 539. The molecule has 2 saturated carbocycles. The van der Waals surface area contributed by atoms with Crippen LogP contribution in [0.5, 0.6) is 0 Å². The van der Waals surface area contributed by atoms with E-state index in [1.165, 1.54) is 25.7 Å². The molecule has 1 aliphatic heterocycles. The highest BCUT2D eigenvalue weighted by molar-refractivity contribution is 6.07. The van der Waals surface area contributed by atoms with Crippen molar-refractivity contribution in [1.82, 2.24) is 10.6 Å². The molecule has 3 amide bonds. The van der Waals surface area contributed by atoms with Gasteiger partial charge in [-0.25, -0.2) is 4.79 Å². The molecule has 0 bridgehead atoms. The van der Waals surface area contributed by atoms with E-state index in [1.54, 1.807) is 0 Å². The van der Waals surface area contributed by atoms with Gasteiger partial charge in [0.1, 0.15) is 5.54 Å². The van der Waals surface area contributed by atoms with Crippen molar-refractivity contribution in [3.8, 4) is 0 Å². The SMILES string of the molecule is CC1CCC(C(C)C)C(C2(C3CC(C)CCC3C(C)C)NC(=O)NC2=O)C1. The summed E-state index contributed by atoms with van der Waals surface area (Å²) in [6, 6.07) is -0.276. The van der Waals surface area contributed by atoms with Gasteiger partial charge in [-0.1, -0.05) is 54.4 Å². The van der Waals surface area contributed by atoms with E-state index in [1.807, 2.05) is 0 Å². The van der Waals surface area contributed by atoms with Gasteiger partial charge in [-0.2, -0.15) is 0 Å². The summed E-state index contributed by atoms with van der Waals surface area (Å²) in [6.45, 7) is 13.8. The molecule has 0 aromatic rings. The lowest BCUT2D eigenvalue weighted by Gasteiger charge is -2.53. The van der Waals surface area contributed by atoms with E-state index < -0.39 is 5.54 Å². The fourth-order valence-electron chi connectivity index (χ4n) is 6.73. The standard InChI is InChI=1S/C23H40N2O2/c1-13(2)17-9-7-15(5)11-19(17)23(21(26)24-22(27)25-23)20-12-16(6)8-10-18(20)14(3)4/h13-20H,7-12H2,1-6H3,(H2,24,25,26,27). The van der Waals surface area contributed by atoms with Crippen molar-refractivity contribution in [3.63, 3.8) is 0 Å². The first-order valence-corrected chi connectivity index (χ1v) is 11.3. The number of carbonyl (C=O) groups is 2. The fourth-order valence-corrected chi connectivity index (χ4v) is 6.73. The minimum Gasteiger partial charge on any atom is -0.323 e. The number of urea groups is 1. The predicted molar refractivity (Wildman–Crippen MR) is 109 cm³/mol. The summed E-state index contributed by atoms with van der Waals surface area (Å²) in [6.07, 6.45) is 6.91. The summed E-state index contributed by atoms with van der Waals surface area (Å²) >= 11 is 0. The van der Waals surface area contributed by atoms with Crippen LogP contribution in [-0.4, -0.2) is 17.5 Å². The average Bonchev–Trinajstić information content (AvgIpc) is 2.89. The largest absolute Gasteiger partial charge is 0.323 e. The monoisotopic (exact) mass is 376 g/mol. The molecule has 0 aromatic carbocycles. The zero-order chi connectivity index (χ0) is 19.9. The summed E-state index contributed by atoms with van der Waals surface area (Å²) in [5.74, 6) is 3.73. The van der Waals surface area contributed by atoms with Crippen LogP contribution in [0.25, 0.3) is 0 Å². The van der Waals surface area contributed by atoms with Crippen LogP contribution in [0, 0.1) is 47.3 Å². The summed E-state index contributed by atoms with van der Waals surface area (Å²) in [5, 5.41) is 5.93. The van der Waals surface area contributed by atoms with Crippen LogP contribution in [0.3, 0.4) is 0 Å². The first-order valence-electron chi connectivity index (χ1n) is 11.3. The third-order valence-electron chi connectivity index (χ3n) is 8.14. The number of hydrogen-bond donors (Lipinski definition) is 2. The van der Waals surface area contributed by atoms with Crippen LogP contribution < -0.4 is 10.6 Å². The molecule has 4 heteroatoms. The molecule has 0 aromatic heterocycles. The molecule has 27 heavy (non-hydrogen) atoms. The van der Waals surface area contributed by atoms with Gasteiger partial charge in [-0.15, -0.1) is 0 Å². The molecular formula is C23H40N2O2. The molecule has 2 aliphatic carbocycles. The van der Waals surface area contributed by atoms with Crippen LogP contribution in [0.15, 0.2) is 0 Å². The summed E-state index contributed by atoms with van der Waals surface area (Å²) in [7, 11) is 0. The smallest absolute Gasteiger partial charge is 0.322 e. The second-order valence-electron chi connectivity index (χ2n) is 10.6. The molecule has 2 N–H and O–H groups in total. The van der Waals surface area contributed by atoms with Gasteiger partial charge in [0.15, 0.2) is 0 Å². The van der Waals surface area contributed by atoms with E-state index >= 15 is 0 Å². The molecule has 6 atom stereocenters. The molecule has 3 aliphatic rings. The van der Waals surface area contributed by atoms with E-state index in [2.05, 4.69) is 52.2 Å². The third-order valence-corrected chi connectivity index (χ3v) is 8.14. The minimum atomic E-state index is -0.718. The van der Waals surface area contributed by atoms with Gasteiger partial charge in [0.05, 0.1) is 0 Å². The second-order valence-corrected chi connectivity index (χ2v) is 10.6. The third kappa shape index (κ3) is 3.65. The highest BCUT2D eigenvalue weighted by atomic mass is 16.2. The number of imide groups is 1. The predicted octanol–water partition coefficient (Wildman–Crippen LogP) is 4.98. The Hall–Kier alpha value is -1.06. The van der Waals surface area contributed by atoms with E-state index in [0.29, 0.717) is 35.5 Å². The molecular weight excluding hydrogens is 336 g/mol. The number of carbonyl (C=O) groups excluding carboxylic acids is 2. The van der Waals surface area contributed by atoms with E-state index in [0.717, 1.165) is 12.8 Å². The number of nitrogens with one attached hydrogen (secondary N) is 2. The van der Waals surface area contributed by atoms with Gasteiger partial charge in [-0.05, 0) is 73.0 Å². The van der Waals surface area contributed by atoms with Gasteiger partial charge in [-0.3, -0.25) is 10.1 Å². The van der Waals surface area contributed by atoms with Crippen LogP contribution >= 0.6 is 0 Å². The van der Waals surface area contributed by atoms with Crippen LogP contribution in [0.2, 0.25) is 0 Å². The van der Waals surface area contributed by atoms with Gasteiger partial charge >= 0.3 is 6.03 Å². The van der Waals surface area contributed by atoms with Crippen molar-refractivity contribution in [2.45, 2.75) is 85.6 Å². The number of hydrogen-bond acceptors (Lipinski definition) is 2. The Kier molecular flexibility index (Phi) is 5.93. The van der Waals surface area contributed by atoms with E-state index in [9.17, 15) is 9.59 Å². The molecule has 6 unspecified atom stereocenters. The van der Waals surface area contributed by atoms with Gasteiger partial charge < -0.3 is 5.32 Å². The maximum atomic E-state index is 13.5. The van der Waals surface area contributed by atoms with Crippen molar-refractivity contribution < 1.29 is 9.59 Å². The Morgan fingerprint density at radius 1 is 0.815 bits per heavy atom. The van der Waals surface area contributed by atoms with Crippen LogP contribution in [-0.2, 0) is 4.79 Å². The van der Waals surface area contributed by atoms with Crippen LogP contribution in [0.4, 0.5) is 4.79 Å². The summed E-state index contributed by atoms with van der Waals surface area (Å²) in [5.41, 5.74) is -0.718. The molecule has 1 saturated heterocycles. The molecule has 4 nitrogen and oxygen atoms in total. The Balaban J connectivity index is 2.08. The molecule has 3 rings (SSSR count). The van der Waals surface area contributed by atoms with Gasteiger partial charge in [0, 0.05) is 0 Å². The molecule has 3 fully saturated rings. The topological polar surface area (TPSA) is 58.2 Å². The quantitative estimate of drug-likeness (QED) is 0.680. The van der Waals surface area contributed by atoms with E-state index in [4.69, 9.17) is 0 Å². The van der Waals surface area contributed by atoms with Crippen molar-refractivity contribution in [2.24, 2.45) is 47.3 Å². The Morgan fingerprint density at radius 3 is 1.59 bits per heavy atom. The van der Waals surface area contributed by atoms with Crippen molar-refractivity contribution >= 4 is 11.9 Å². The minimum absolute atomic E-state index is 0.0398. The Labute approximate surface area is 165 Å². The lowest BCUT2D eigenvalue weighted by atomic mass is 9.53. The van der Waals surface area contributed by atoms with Crippen molar-refractivity contribution in [3.05, 3.63) is 0 Å². The lowest BCUT2D eigenvalue weighted by Crippen LogP contribution is -2.64. The summed E-state index contributed by atoms with van der Waals surface area (Å²) in [4.78, 5) is 25.9. The highest BCUT2D eigenvalue weighted by Crippen LogP contribution is 2.53. The average molecular weight is 377 g/mol. The maximum Gasteiger partial charge on any atom is 0.322 e. The zero-order valence-electron chi connectivity index (χ0n) is 18.2. The molecule has 0 radical (unpaired) electrons. The molecule has 1 heterocycles. The van der Waals surface area contributed by atoms with Gasteiger partial charge in [0.25, 0.3) is 5.91 Å². The first-order chi connectivity index (χ1) is 12.7. The summed E-state index contributed by atoms with van der Waals surface area (Å²) < 4.78 is 0. The van der Waals surface area contributed by atoms with Crippen LogP contribution in [0.1, 0.15) is 80.1 Å². The second kappa shape index (κ2) is 7.75. The first kappa shape index (κ1) is 20.7. The number of rotatable bonds is 4. The van der Waals surface area contributed by atoms with E-state index in [-0.39, 0.29) is 23.8 Å². The Morgan fingerprint density at radius 2 is 1.26 bits per heavy atom. The molecule has 154 valence electrons. The molecule has 0 spiro atoms. The zero-order valence-corrected chi connectivity index (χ0v) is 18.2. The number of amides is 3. The van der Waals surface area contributed by atoms with Crippen molar-refractivity contribution in [1.29, 1.82) is 0 Å². The maximum absolute atomic E-state index is 13.5. The lowest BCUT2D eigenvalue weighted by molar-refractivity contribution is -0.135. The van der Waals surface area contributed by atoms with Gasteiger partial charge in [0.2, 0.25) is 0 Å². The highest BCUT2D eigenvalue weighted by Gasteiger charge is 2.61. The van der Waals surface area contributed by atoms with Crippen molar-refractivity contribution in [2.75, 3.05) is 0 Å².